The Hall–Kier alpha value is -0.910. The Kier molecular flexibility index (Phi) is 9.46. The third-order valence-corrected chi connectivity index (χ3v) is 6.41. The summed E-state index contributed by atoms with van der Waals surface area (Å²) < 4.78 is 10.8. The highest BCUT2D eigenvalue weighted by molar-refractivity contribution is 14.1. The summed E-state index contributed by atoms with van der Waals surface area (Å²) in [6, 6.07) is 0. The van der Waals surface area contributed by atoms with Crippen molar-refractivity contribution in [3.05, 3.63) is 21.8 Å². The minimum atomic E-state index is -1.20. The maximum absolute atomic E-state index is 12.6. The lowest BCUT2D eigenvalue weighted by molar-refractivity contribution is -0.155. The number of amides is 1. The van der Waals surface area contributed by atoms with Crippen LogP contribution in [-0.2, 0) is 19.1 Å². The van der Waals surface area contributed by atoms with Gasteiger partial charge in [-0.2, -0.15) is 0 Å². The van der Waals surface area contributed by atoms with Gasteiger partial charge in [-0.1, -0.05) is 0 Å². The first-order valence-electron chi connectivity index (χ1n) is 7.25. The number of halogens is 3. The van der Waals surface area contributed by atoms with E-state index < -0.39 is 29.9 Å². The number of benzene rings is 1. The third kappa shape index (κ3) is 6.58. The predicted octanol–water partition coefficient (Wildman–Crippen LogP) is 2.01. The normalized spacial score (nSPS) is 11.4. The highest BCUT2D eigenvalue weighted by atomic mass is 127. The van der Waals surface area contributed by atoms with Crippen molar-refractivity contribution in [2.45, 2.75) is 20.0 Å². The largest absolute Gasteiger partial charge is 0.478 e. The Balaban J connectivity index is 3.09. The molecule has 0 bridgehead atoms. The van der Waals surface area contributed by atoms with E-state index in [1.807, 2.05) is 45.2 Å². The topological polar surface area (TPSA) is 145 Å². The molecule has 0 saturated heterocycles. The quantitative estimate of drug-likeness (QED) is 0.221. The molecule has 9 nitrogen and oxygen atoms in total. The van der Waals surface area contributed by atoms with E-state index in [0.29, 0.717) is 7.14 Å². The molecule has 0 aliphatic heterocycles. The number of nitrogens with two attached hydrogens (primary N) is 1. The van der Waals surface area contributed by atoms with Crippen LogP contribution in [0, 0.1) is 10.7 Å². The standard InChI is InChI=1S/C15H15I3N2O7/c1-5(21)26-4-7(27-6(2)22)3-20-14(23)8-10(16)9(15(24)25)12(18)13(19)11(8)17/h7H,3-4,19H2,1-2H3,(H,20,23)(H,24,25)/t7-/m1/s1. The number of hydrogen-bond acceptors (Lipinski definition) is 7. The fraction of sp³-hybridized carbons (Fsp3) is 0.333. The number of aromatic carboxylic acids is 1. The number of ether oxygens (including phenoxy) is 2. The first-order valence-corrected chi connectivity index (χ1v) is 10.5. The van der Waals surface area contributed by atoms with Crippen LogP contribution in [0.4, 0.5) is 5.69 Å². The SMILES string of the molecule is CC(=O)OC[C@@H](CNC(=O)c1c(I)c(N)c(I)c(C(=O)O)c1I)OC(C)=O. The van der Waals surface area contributed by atoms with E-state index >= 15 is 0 Å². The highest BCUT2D eigenvalue weighted by Crippen LogP contribution is 2.33. The molecular weight excluding hydrogens is 701 g/mol. The molecule has 0 radical (unpaired) electrons. The van der Waals surface area contributed by atoms with Gasteiger partial charge in [0.15, 0.2) is 6.10 Å². The Morgan fingerprint density at radius 1 is 1.04 bits per heavy atom. The first-order chi connectivity index (χ1) is 12.5. The Morgan fingerprint density at radius 3 is 2.07 bits per heavy atom. The summed E-state index contributed by atoms with van der Waals surface area (Å²) in [6.07, 6.45) is -0.884. The van der Waals surface area contributed by atoms with Gasteiger partial charge in [-0.25, -0.2) is 4.79 Å². The molecule has 0 saturated carbocycles. The summed E-state index contributed by atoms with van der Waals surface area (Å²) in [7, 11) is 0. The molecule has 0 aliphatic carbocycles. The predicted molar refractivity (Wildman–Crippen MR) is 120 cm³/mol. The summed E-state index contributed by atoms with van der Waals surface area (Å²) >= 11 is 5.47. The average molecular weight is 716 g/mol. The second kappa shape index (κ2) is 10.6. The maximum Gasteiger partial charge on any atom is 0.337 e. The molecule has 0 fully saturated rings. The van der Waals surface area contributed by atoms with Crippen molar-refractivity contribution in [1.82, 2.24) is 5.32 Å². The number of nitrogen functional groups attached to an aromatic ring is 1. The minimum absolute atomic E-state index is 0.0595. The monoisotopic (exact) mass is 716 g/mol. The average Bonchev–Trinajstić information content (AvgIpc) is 2.54. The van der Waals surface area contributed by atoms with Crippen molar-refractivity contribution in [3.63, 3.8) is 0 Å². The number of esters is 2. The van der Waals surface area contributed by atoms with Crippen molar-refractivity contribution in [2.75, 3.05) is 18.9 Å². The first kappa shape index (κ1) is 24.1. The van der Waals surface area contributed by atoms with Gasteiger partial charge in [-0.3, -0.25) is 14.4 Å². The molecule has 148 valence electrons. The summed E-state index contributed by atoms with van der Waals surface area (Å²) in [6.45, 7) is 2.04. The van der Waals surface area contributed by atoms with Crippen LogP contribution < -0.4 is 11.1 Å². The number of nitrogens with one attached hydrogen (secondary N) is 1. The molecule has 1 aromatic rings. The van der Waals surface area contributed by atoms with Gasteiger partial charge in [0.2, 0.25) is 0 Å². The van der Waals surface area contributed by atoms with Gasteiger partial charge in [-0.05, 0) is 67.8 Å². The molecule has 1 amide bonds. The summed E-state index contributed by atoms with van der Waals surface area (Å²) in [5.41, 5.74) is 6.18. The van der Waals surface area contributed by atoms with Crippen molar-refractivity contribution in [1.29, 1.82) is 0 Å². The number of carbonyl (C=O) groups excluding carboxylic acids is 3. The van der Waals surface area contributed by atoms with Crippen LogP contribution in [0.25, 0.3) is 0 Å². The lowest BCUT2D eigenvalue weighted by Gasteiger charge is -2.19. The molecule has 0 aromatic heterocycles. The molecule has 0 spiro atoms. The molecule has 12 heteroatoms. The van der Waals surface area contributed by atoms with Crippen LogP contribution in [0.2, 0.25) is 0 Å². The number of rotatable bonds is 7. The van der Waals surface area contributed by atoms with E-state index in [4.69, 9.17) is 15.2 Å². The van der Waals surface area contributed by atoms with E-state index in [2.05, 4.69) is 5.32 Å². The number of anilines is 1. The van der Waals surface area contributed by atoms with Gasteiger partial charge in [0.05, 0.1) is 30.5 Å². The van der Waals surface area contributed by atoms with Gasteiger partial charge in [0.25, 0.3) is 5.91 Å². The molecule has 1 atom stereocenters. The summed E-state index contributed by atoms with van der Waals surface area (Å²) in [5, 5.41) is 12.0. The van der Waals surface area contributed by atoms with Crippen LogP contribution in [0.15, 0.2) is 0 Å². The summed E-state index contributed by atoms with van der Waals surface area (Å²) in [4.78, 5) is 46.2. The van der Waals surface area contributed by atoms with Gasteiger partial charge in [-0.15, -0.1) is 0 Å². The molecule has 27 heavy (non-hydrogen) atoms. The van der Waals surface area contributed by atoms with Gasteiger partial charge >= 0.3 is 17.9 Å². The van der Waals surface area contributed by atoms with Crippen LogP contribution in [-0.4, -0.2) is 48.2 Å². The molecule has 0 unspecified atom stereocenters. The van der Waals surface area contributed by atoms with Gasteiger partial charge in [0.1, 0.15) is 6.61 Å². The summed E-state index contributed by atoms with van der Waals surface area (Å²) in [5.74, 6) is -2.95. The van der Waals surface area contributed by atoms with E-state index in [0.717, 1.165) is 0 Å². The fourth-order valence-electron chi connectivity index (χ4n) is 1.95. The van der Waals surface area contributed by atoms with Crippen LogP contribution in [0.1, 0.15) is 34.6 Å². The maximum atomic E-state index is 12.6. The second-order valence-electron chi connectivity index (χ2n) is 5.15. The van der Waals surface area contributed by atoms with Gasteiger partial charge < -0.3 is 25.6 Å². The number of carboxylic acids is 1. The highest BCUT2D eigenvalue weighted by Gasteiger charge is 2.27. The minimum Gasteiger partial charge on any atom is -0.478 e. The van der Waals surface area contributed by atoms with Crippen molar-refractivity contribution in [3.8, 4) is 0 Å². The molecule has 1 rings (SSSR count). The zero-order chi connectivity index (χ0) is 20.9. The van der Waals surface area contributed by atoms with E-state index in [9.17, 15) is 24.3 Å². The lowest BCUT2D eigenvalue weighted by atomic mass is 10.1. The molecule has 1 aromatic carbocycles. The Morgan fingerprint density at radius 2 is 1.59 bits per heavy atom. The molecule has 0 aliphatic rings. The van der Waals surface area contributed by atoms with E-state index in [1.165, 1.54) is 13.8 Å². The number of carbonyl (C=O) groups is 4. The Labute approximate surface area is 195 Å². The molecule has 4 N–H and O–H groups in total. The number of hydrogen-bond donors (Lipinski definition) is 3. The van der Waals surface area contributed by atoms with E-state index in [1.54, 1.807) is 22.6 Å². The molecular formula is C15H15I3N2O7. The van der Waals surface area contributed by atoms with Crippen LogP contribution in [0.3, 0.4) is 0 Å². The lowest BCUT2D eigenvalue weighted by Crippen LogP contribution is -2.38. The fourth-order valence-corrected chi connectivity index (χ4v) is 6.06. The van der Waals surface area contributed by atoms with Crippen LogP contribution in [0.5, 0.6) is 0 Å². The van der Waals surface area contributed by atoms with Gasteiger partial charge in [0, 0.05) is 17.4 Å². The smallest absolute Gasteiger partial charge is 0.337 e. The zero-order valence-corrected chi connectivity index (χ0v) is 20.6. The van der Waals surface area contributed by atoms with Crippen LogP contribution >= 0.6 is 67.8 Å². The zero-order valence-electron chi connectivity index (χ0n) is 14.1. The molecule has 0 heterocycles. The Bertz CT molecular complexity index is 798. The number of carboxylic acid groups (broad SMARTS) is 1. The third-order valence-electron chi connectivity index (χ3n) is 3.09. The van der Waals surface area contributed by atoms with Crippen molar-refractivity contribution in [2.24, 2.45) is 0 Å². The van der Waals surface area contributed by atoms with E-state index in [-0.39, 0.29) is 33.5 Å². The van der Waals surface area contributed by atoms with Crippen molar-refractivity contribution >= 4 is 97.3 Å². The van der Waals surface area contributed by atoms with Crippen molar-refractivity contribution < 1.29 is 33.8 Å². The second-order valence-corrected chi connectivity index (χ2v) is 8.39.